The van der Waals surface area contributed by atoms with E-state index in [1.165, 1.54) is 5.01 Å². The summed E-state index contributed by atoms with van der Waals surface area (Å²) >= 11 is 0. The van der Waals surface area contributed by atoms with Crippen molar-refractivity contribution in [1.29, 1.82) is 0 Å². The average molecular weight is 459 g/mol. The zero-order valence-corrected chi connectivity index (χ0v) is 20.0. The Bertz CT molecular complexity index is 1220. The Kier molecular flexibility index (Phi) is 6.63. The summed E-state index contributed by atoms with van der Waals surface area (Å²) in [6.45, 7) is 8.20. The first-order valence-corrected chi connectivity index (χ1v) is 11.6. The van der Waals surface area contributed by atoms with E-state index in [1.807, 2.05) is 73.3 Å². The van der Waals surface area contributed by atoms with Crippen LogP contribution in [0.25, 0.3) is 11.3 Å². The number of hydrogen-bond acceptors (Lipinski definition) is 4. The van der Waals surface area contributed by atoms with Crippen LogP contribution in [0.5, 0.6) is 0 Å². The molecular weight excluding hydrogens is 428 g/mol. The Morgan fingerprint density at radius 1 is 0.971 bits per heavy atom. The predicted octanol–water partition coefficient (Wildman–Crippen LogP) is 5.29. The van der Waals surface area contributed by atoms with Gasteiger partial charge in [-0.1, -0.05) is 59.7 Å². The second kappa shape index (κ2) is 9.63. The molecule has 1 aromatic heterocycles. The largest absolute Gasteiger partial charge is 0.481 e. The van der Waals surface area contributed by atoms with E-state index in [2.05, 4.69) is 13.8 Å². The standard InChI is InChI=1S/C27H30N4O3/c1-17(2)30-16-22(27(29-30)21-11-7-19(4)8-12-21)24-15-23(20-9-5-18(3)6-10-20)28-31(24)25(32)13-14-26(33)34/h5-12,16-17,24H,13-15H2,1-4H3,(H,33,34). The van der Waals surface area contributed by atoms with Crippen molar-refractivity contribution in [2.24, 2.45) is 5.10 Å². The molecule has 0 bridgehead atoms. The topological polar surface area (TPSA) is 87.8 Å². The molecule has 3 aromatic rings. The number of carbonyl (C=O) groups is 2. The number of carboxylic acids is 1. The first kappa shape index (κ1) is 23.4. The van der Waals surface area contributed by atoms with E-state index in [-0.39, 0.29) is 30.8 Å². The Hall–Kier alpha value is -3.74. The molecule has 0 aliphatic carbocycles. The highest BCUT2D eigenvalue weighted by molar-refractivity contribution is 6.03. The van der Waals surface area contributed by atoms with Crippen LogP contribution in [0.1, 0.15) is 67.4 Å². The minimum atomic E-state index is -1.00. The van der Waals surface area contributed by atoms with Crippen LogP contribution in [-0.4, -0.2) is 37.5 Å². The van der Waals surface area contributed by atoms with E-state index >= 15 is 0 Å². The maximum atomic E-state index is 13.1. The van der Waals surface area contributed by atoms with E-state index in [0.29, 0.717) is 6.42 Å². The van der Waals surface area contributed by atoms with Gasteiger partial charge in [0.1, 0.15) is 0 Å². The van der Waals surface area contributed by atoms with Crippen LogP contribution in [0.15, 0.2) is 59.8 Å². The van der Waals surface area contributed by atoms with Gasteiger partial charge in [-0.25, -0.2) is 5.01 Å². The summed E-state index contributed by atoms with van der Waals surface area (Å²) in [4.78, 5) is 24.2. The van der Waals surface area contributed by atoms with Crippen molar-refractivity contribution in [3.05, 3.63) is 77.0 Å². The molecule has 0 spiro atoms. The molecule has 7 heteroatoms. The van der Waals surface area contributed by atoms with Gasteiger partial charge in [0.2, 0.25) is 5.91 Å². The number of aryl methyl sites for hydroxylation is 2. The highest BCUT2D eigenvalue weighted by Gasteiger charge is 2.36. The number of hydrogen-bond donors (Lipinski definition) is 1. The molecule has 34 heavy (non-hydrogen) atoms. The smallest absolute Gasteiger partial charge is 0.303 e. The van der Waals surface area contributed by atoms with Crippen LogP contribution in [0.2, 0.25) is 0 Å². The van der Waals surface area contributed by atoms with Gasteiger partial charge in [0, 0.05) is 36.2 Å². The normalized spacial score (nSPS) is 15.6. The molecule has 176 valence electrons. The molecule has 1 N–H and O–H groups in total. The third-order valence-corrected chi connectivity index (χ3v) is 6.08. The Labute approximate surface area is 199 Å². The lowest BCUT2D eigenvalue weighted by Crippen LogP contribution is -2.27. The van der Waals surface area contributed by atoms with E-state index in [4.69, 9.17) is 15.3 Å². The molecule has 4 rings (SSSR count). The van der Waals surface area contributed by atoms with E-state index in [0.717, 1.165) is 39.2 Å². The quantitative estimate of drug-likeness (QED) is 0.521. The number of carbonyl (C=O) groups excluding carboxylic acids is 1. The second-order valence-electron chi connectivity index (χ2n) is 9.14. The number of aliphatic carboxylic acids is 1. The summed E-state index contributed by atoms with van der Waals surface area (Å²) in [7, 11) is 0. The van der Waals surface area contributed by atoms with Gasteiger partial charge in [-0.05, 0) is 33.3 Å². The molecular formula is C27H30N4O3. The van der Waals surface area contributed by atoms with E-state index in [9.17, 15) is 9.59 Å². The first-order valence-electron chi connectivity index (χ1n) is 11.6. The molecule has 2 aromatic carbocycles. The number of hydrazone groups is 1. The summed E-state index contributed by atoms with van der Waals surface area (Å²) in [5, 5.41) is 20.1. The summed E-state index contributed by atoms with van der Waals surface area (Å²) < 4.78 is 1.91. The highest BCUT2D eigenvalue weighted by Crippen LogP contribution is 2.38. The van der Waals surface area contributed by atoms with Gasteiger partial charge in [-0.15, -0.1) is 0 Å². The van der Waals surface area contributed by atoms with Gasteiger partial charge in [0.15, 0.2) is 0 Å². The maximum absolute atomic E-state index is 13.1. The minimum absolute atomic E-state index is 0.102. The van der Waals surface area contributed by atoms with Crippen LogP contribution in [0.4, 0.5) is 0 Å². The third-order valence-electron chi connectivity index (χ3n) is 6.08. The van der Waals surface area contributed by atoms with Gasteiger partial charge < -0.3 is 5.11 Å². The van der Waals surface area contributed by atoms with Crippen molar-refractivity contribution in [1.82, 2.24) is 14.8 Å². The number of amides is 1. The van der Waals surface area contributed by atoms with Crippen LogP contribution in [0.3, 0.4) is 0 Å². The fraction of sp³-hybridized carbons (Fsp3) is 0.333. The molecule has 1 unspecified atom stereocenters. The Balaban J connectivity index is 1.77. The lowest BCUT2D eigenvalue weighted by molar-refractivity contribution is -0.141. The number of rotatable bonds is 7. The predicted molar refractivity (Wildman–Crippen MR) is 132 cm³/mol. The number of carboxylic acid groups (broad SMARTS) is 1. The fourth-order valence-corrected chi connectivity index (χ4v) is 4.08. The zero-order valence-electron chi connectivity index (χ0n) is 20.0. The molecule has 1 amide bonds. The van der Waals surface area contributed by atoms with Crippen molar-refractivity contribution in [3.8, 4) is 11.3 Å². The summed E-state index contributed by atoms with van der Waals surface area (Å²) in [6, 6.07) is 16.0. The van der Waals surface area contributed by atoms with E-state index < -0.39 is 5.97 Å². The molecule has 1 aliphatic rings. The van der Waals surface area contributed by atoms with Crippen molar-refractivity contribution >= 4 is 17.6 Å². The van der Waals surface area contributed by atoms with Crippen LogP contribution >= 0.6 is 0 Å². The van der Waals surface area contributed by atoms with Crippen LogP contribution in [0, 0.1) is 13.8 Å². The van der Waals surface area contributed by atoms with Crippen molar-refractivity contribution in [2.75, 3.05) is 0 Å². The maximum Gasteiger partial charge on any atom is 0.303 e. The highest BCUT2D eigenvalue weighted by atomic mass is 16.4. The number of aromatic nitrogens is 2. The van der Waals surface area contributed by atoms with Crippen molar-refractivity contribution in [2.45, 2.75) is 59.0 Å². The lowest BCUT2D eigenvalue weighted by Gasteiger charge is -2.21. The van der Waals surface area contributed by atoms with Crippen LogP contribution < -0.4 is 0 Å². The molecule has 0 radical (unpaired) electrons. The zero-order chi connectivity index (χ0) is 24.4. The Morgan fingerprint density at radius 3 is 2.12 bits per heavy atom. The molecule has 7 nitrogen and oxygen atoms in total. The van der Waals surface area contributed by atoms with Crippen molar-refractivity contribution in [3.63, 3.8) is 0 Å². The minimum Gasteiger partial charge on any atom is -0.481 e. The number of benzene rings is 2. The SMILES string of the molecule is Cc1ccc(C2=NN(C(=O)CCC(=O)O)C(c3cn(C(C)C)nc3-c3ccc(C)cc3)C2)cc1. The molecule has 1 aliphatic heterocycles. The molecule has 2 heterocycles. The van der Waals surface area contributed by atoms with E-state index in [1.54, 1.807) is 0 Å². The lowest BCUT2D eigenvalue weighted by atomic mass is 9.95. The number of nitrogens with zero attached hydrogens (tertiary/aromatic N) is 4. The van der Waals surface area contributed by atoms with Crippen molar-refractivity contribution < 1.29 is 14.7 Å². The van der Waals surface area contributed by atoms with Gasteiger partial charge in [-0.3, -0.25) is 14.3 Å². The van der Waals surface area contributed by atoms with Gasteiger partial charge >= 0.3 is 5.97 Å². The fourth-order valence-electron chi connectivity index (χ4n) is 4.08. The molecule has 0 fully saturated rings. The molecule has 0 saturated carbocycles. The summed E-state index contributed by atoms with van der Waals surface area (Å²) in [5.74, 6) is -1.30. The second-order valence-corrected chi connectivity index (χ2v) is 9.14. The summed E-state index contributed by atoms with van der Waals surface area (Å²) in [5.41, 5.74) is 6.76. The first-order chi connectivity index (χ1) is 16.2. The van der Waals surface area contributed by atoms with Gasteiger partial charge in [-0.2, -0.15) is 10.2 Å². The average Bonchev–Trinajstić information content (AvgIpc) is 3.43. The molecule has 0 saturated heterocycles. The summed E-state index contributed by atoms with van der Waals surface area (Å²) in [6.07, 6.45) is 2.20. The van der Waals surface area contributed by atoms with Crippen LogP contribution in [-0.2, 0) is 9.59 Å². The Morgan fingerprint density at radius 2 is 1.56 bits per heavy atom. The monoisotopic (exact) mass is 458 g/mol. The third kappa shape index (κ3) is 4.93. The molecule has 1 atom stereocenters. The van der Waals surface area contributed by atoms with Gasteiger partial charge in [0.05, 0.1) is 23.9 Å². The van der Waals surface area contributed by atoms with Gasteiger partial charge in [0.25, 0.3) is 0 Å².